The van der Waals surface area contributed by atoms with Crippen LogP contribution in [0.25, 0.3) is 22.0 Å². The van der Waals surface area contributed by atoms with Gasteiger partial charge in [0.15, 0.2) is 4.34 Å². The lowest BCUT2D eigenvalue weighted by Gasteiger charge is -2.06. The molecule has 2 amide bonds. The van der Waals surface area contributed by atoms with Gasteiger partial charge in [-0.3, -0.25) is 9.59 Å². The number of hydrogen-bond acceptors (Lipinski definition) is 5. The number of rotatable bonds is 7. The summed E-state index contributed by atoms with van der Waals surface area (Å²) < 4.78 is 0.735. The average molecular weight is 448 g/mol. The van der Waals surface area contributed by atoms with Gasteiger partial charge in [-0.05, 0) is 29.8 Å². The minimum atomic E-state index is -0.188. The molecule has 156 valence electrons. The first-order chi connectivity index (χ1) is 15.1. The first-order valence-electron chi connectivity index (χ1n) is 9.90. The zero-order valence-corrected chi connectivity index (χ0v) is 18.6. The Morgan fingerprint density at radius 2 is 1.71 bits per heavy atom. The van der Waals surface area contributed by atoms with Crippen molar-refractivity contribution in [2.45, 2.75) is 11.3 Å². The molecule has 7 heteroatoms. The van der Waals surface area contributed by atoms with Crippen LogP contribution in [-0.2, 0) is 4.79 Å². The molecule has 0 radical (unpaired) electrons. The summed E-state index contributed by atoms with van der Waals surface area (Å²) in [6.07, 6.45) is 0. The van der Waals surface area contributed by atoms with E-state index in [9.17, 15) is 9.59 Å². The maximum Gasteiger partial charge on any atom is 0.256 e. The van der Waals surface area contributed by atoms with Gasteiger partial charge in [-0.15, -0.1) is 0 Å². The van der Waals surface area contributed by atoms with E-state index in [2.05, 4.69) is 10.6 Å². The third-order valence-electron chi connectivity index (χ3n) is 4.59. The van der Waals surface area contributed by atoms with Gasteiger partial charge in [-0.2, -0.15) is 0 Å². The molecule has 0 atom stereocenters. The molecule has 0 aliphatic heterocycles. The predicted molar refractivity (Wildman–Crippen MR) is 129 cm³/mol. The number of carbonyl (C=O) groups excluding carboxylic acids is 2. The Bertz CT molecular complexity index is 1220. The molecule has 4 rings (SSSR count). The lowest BCUT2D eigenvalue weighted by molar-refractivity contribution is -0.118. The Balaban J connectivity index is 1.60. The summed E-state index contributed by atoms with van der Waals surface area (Å²) in [7, 11) is 0. The predicted octanol–water partition coefficient (Wildman–Crippen LogP) is 5.44. The highest BCUT2D eigenvalue weighted by Crippen LogP contribution is 2.37. The molecule has 5 nitrogen and oxygen atoms in total. The molecule has 0 fully saturated rings. The van der Waals surface area contributed by atoms with E-state index >= 15 is 0 Å². The summed E-state index contributed by atoms with van der Waals surface area (Å²) >= 11 is 2.75. The molecule has 0 saturated heterocycles. The number of thioether (sulfide) groups is 1. The fourth-order valence-corrected chi connectivity index (χ4v) is 5.01. The fourth-order valence-electron chi connectivity index (χ4n) is 3.12. The van der Waals surface area contributed by atoms with Crippen LogP contribution in [0, 0.1) is 0 Å². The summed E-state index contributed by atoms with van der Waals surface area (Å²) in [4.78, 5) is 29.5. The lowest BCUT2D eigenvalue weighted by atomic mass is 10.1. The number of fused-ring (bicyclic) bond motifs is 1. The van der Waals surface area contributed by atoms with Crippen LogP contribution >= 0.6 is 23.1 Å². The highest BCUT2D eigenvalue weighted by atomic mass is 32.2. The molecule has 0 spiro atoms. The smallest absolute Gasteiger partial charge is 0.256 e. The summed E-state index contributed by atoms with van der Waals surface area (Å²) in [5.41, 5.74) is 2.21. The van der Waals surface area contributed by atoms with Gasteiger partial charge in [0.1, 0.15) is 10.7 Å². The molecule has 31 heavy (non-hydrogen) atoms. The second-order valence-corrected chi connectivity index (χ2v) is 9.00. The molecule has 4 aromatic rings. The highest BCUT2D eigenvalue weighted by molar-refractivity contribution is 8.01. The summed E-state index contributed by atoms with van der Waals surface area (Å²) in [6.45, 7) is 2.49. The van der Waals surface area contributed by atoms with Crippen LogP contribution < -0.4 is 10.6 Å². The van der Waals surface area contributed by atoms with Crippen molar-refractivity contribution in [2.24, 2.45) is 0 Å². The molecule has 0 unspecified atom stereocenters. The number of carbonyl (C=O) groups is 2. The van der Waals surface area contributed by atoms with Crippen molar-refractivity contribution in [3.63, 3.8) is 0 Å². The number of hydrogen-bond donors (Lipinski definition) is 2. The fraction of sp³-hybridized carbons (Fsp3) is 0.125. The molecule has 0 saturated carbocycles. The van der Waals surface area contributed by atoms with E-state index in [1.54, 1.807) is 0 Å². The SMILES string of the molecule is CCNC(=O)CSc1nc(-c2ccccc2)c(NC(=O)c2ccc3ccccc3c2)s1. The third kappa shape index (κ3) is 5.13. The van der Waals surface area contributed by atoms with E-state index < -0.39 is 0 Å². The third-order valence-corrected chi connectivity index (χ3v) is 6.71. The van der Waals surface area contributed by atoms with Crippen molar-refractivity contribution in [2.75, 3.05) is 17.6 Å². The van der Waals surface area contributed by atoms with Crippen molar-refractivity contribution in [1.29, 1.82) is 0 Å². The summed E-state index contributed by atoms with van der Waals surface area (Å²) in [5, 5.41) is 8.58. The zero-order chi connectivity index (χ0) is 21.6. The van der Waals surface area contributed by atoms with Crippen molar-refractivity contribution in [3.05, 3.63) is 78.4 Å². The topological polar surface area (TPSA) is 71.1 Å². The maximum absolute atomic E-state index is 13.0. The Hall–Kier alpha value is -3.16. The van der Waals surface area contributed by atoms with Crippen molar-refractivity contribution >= 4 is 50.7 Å². The molecular weight excluding hydrogens is 426 g/mol. The summed E-state index contributed by atoms with van der Waals surface area (Å²) in [6, 6.07) is 23.3. The number of nitrogens with zero attached hydrogens (tertiary/aromatic N) is 1. The molecule has 1 aromatic heterocycles. The van der Waals surface area contributed by atoms with Crippen LogP contribution in [0.5, 0.6) is 0 Å². The standard InChI is InChI=1S/C24H21N3O2S2/c1-2-25-20(28)15-30-24-26-21(17-9-4-3-5-10-17)23(31-24)27-22(29)19-13-12-16-8-6-7-11-18(16)14-19/h3-14H,2,15H2,1H3,(H,25,28)(H,27,29). The van der Waals surface area contributed by atoms with Crippen LogP contribution in [0.4, 0.5) is 5.00 Å². The maximum atomic E-state index is 13.0. The van der Waals surface area contributed by atoms with E-state index in [0.717, 1.165) is 20.7 Å². The van der Waals surface area contributed by atoms with Crippen molar-refractivity contribution in [3.8, 4) is 11.3 Å². The van der Waals surface area contributed by atoms with E-state index in [4.69, 9.17) is 4.98 Å². The molecule has 3 aromatic carbocycles. The van der Waals surface area contributed by atoms with E-state index in [-0.39, 0.29) is 17.6 Å². The van der Waals surface area contributed by atoms with E-state index in [1.165, 1.54) is 23.1 Å². The van der Waals surface area contributed by atoms with Crippen LogP contribution in [0.1, 0.15) is 17.3 Å². The van der Waals surface area contributed by atoms with E-state index in [1.807, 2.05) is 79.7 Å². The second kappa shape index (κ2) is 9.76. The Morgan fingerprint density at radius 1 is 0.968 bits per heavy atom. The molecule has 0 aliphatic carbocycles. The van der Waals surface area contributed by atoms with Gasteiger partial charge < -0.3 is 10.6 Å². The average Bonchev–Trinajstić information content (AvgIpc) is 3.20. The molecule has 0 aliphatic rings. The highest BCUT2D eigenvalue weighted by Gasteiger charge is 2.17. The van der Waals surface area contributed by atoms with Crippen LogP contribution in [0.3, 0.4) is 0 Å². The molecule has 2 N–H and O–H groups in total. The van der Waals surface area contributed by atoms with Gasteiger partial charge >= 0.3 is 0 Å². The van der Waals surface area contributed by atoms with Gasteiger partial charge in [0, 0.05) is 17.7 Å². The Kier molecular flexibility index (Phi) is 6.64. The minimum Gasteiger partial charge on any atom is -0.356 e. The van der Waals surface area contributed by atoms with E-state index in [0.29, 0.717) is 22.8 Å². The number of aromatic nitrogens is 1. The largest absolute Gasteiger partial charge is 0.356 e. The molecular formula is C24H21N3O2S2. The van der Waals surface area contributed by atoms with Crippen molar-refractivity contribution < 1.29 is 9.59 Å². The number of amides is 2. The quantitative estimate of drug-likeness (QED) is 0.370. The van der Waals surface area contributed by atoms with Crippen LogP contribution in [0.2, 0.25) is 0 Å². The van der Waals surface area contributed by atoms with Crippen LogP contribution in [-0.4, -0.2) is 29.1 Å². The Morgan fingerprint density at radius 3 is 2.48 bits per heavy atom. The second-order valence-electron chi connectivity index (χ2n) is 6.78. The molecule has 0 bridgehead atoms. The molecule has 1 heterocycles. The summed E-state index contributed by atoms with van der Waals surface area (Å²) in [5.74, 6) is 0.0609. The normalized spacial score (nSPS) is 10.7. The Labute approximate surface area is 188 Å². The minimum absolute atomic E-state index is 0.0364. The zero-order valence-electron chi connectivity index (χ0n) is 16.9. The number of benzene rings is 3. The number of nitrogens with one attached hydrogen (secondary N) is 2. The monoisotopic (exact) mass is 447 g/mol. The number of anilines is 1. The first-order valence-corrected chi connectivity index (χ1v) is 11.7. The van der Waals surface area contributed by atoms with Gasteiger partial charge in [-0.25, -0.2) is 4.98 Å². The van der Waals surface area contributed by atoms with Crippen LogP contribution in [0.15, 0.2) is 77.1 Å². The van der Waals surface area contributed by atoms with Crippen molar-refractivity contribution in [1.82, 2.24) is 10.3 Å². The lowest BCUT2D eigenvalue weighted by Crippen LogP contribution is -2.24. The van der Waals surface area contributed by atoms with Gasteiger partial charge in [0.2, 0.25) is 5.91 Å². The van der Waals surface area contributed by atoms with Gasteiger partial charge in [0.05, 0.1) is 5.75 Å². The van der Waals surface area contributed by atoms with Gasteiger partial charge in [-0.1, -0.05) is 83.8 Å². The first kappa shape index (κ1) is 21.1. The van der Waals surface area contributed by atoms with Gasteiger partial charge in [0.25, 0.3) is 5.91 Å². The number of thiazole rings is 1.